The summed E-state index contributed by atoms with van der Waals surface area (Å²) >= 11 is 12.4. The van der Waals surface area contributed by atoms with Crippen LogP contribution in [-0.4, -0.2) is 23.9 Å². The molecule has 7 heteroatoms. The van der Waals surface area contributed by atoms with Crippen molar-refractivity contribution in [2.24, 2.45) is 0 Å². The molecule has 0 bridgehead atoms. The van der Waals surface area contributed by atoms with Gasteiger partial charge in [0.05, 0.1) is 24.3 Å². The van der Waals surface area contributed by atoms with Gasteiger partial charge in [-0.25, -0.2) is 0 Å². The van der Waals surface area contributed by atoms with E-state index in [0.717, 1.165) is 11.1 Å². The molecule has 1 aliphatic rings. The molecule has 1 N–H and O–H groups in total. The first kappa shape index (κ1) is 22.9. The lowest BCUT2D eigenvalue weighted by Gasteiger charge is -2.27. The molecule has 0 radical (unpaired) electrons. The molecule has 33 heavy (non-hydrogen) atoms. The van der Waals surface area contributed by atoms with E-state index >= 15 is 0 Å². The third-order valence-corrected chi connectivity index (χ3v) is 6.10. The second kappa shape index (κ2) is 8.93. The van der Waals surface area contributed by atoms with Crippen LogP contribution in [0.3, 0.4) is 0 Å². The molecular formula is C26H21Cl2NO4. The van der Waals surface area contributed by atoms with E-state index in [4.69, 9.17) is 27.9 Å². The van der Waals surface area contributed by atoms with E-state index in [1.165, 1.54) is 12.0 Å². The van der Waals surface area contributed by atoms with Crippen molar-refractivity contribution in [2.75, 3.05) is 12.0 Å². The number of ketones is 1. The van der Waals surface area contributed by atoms with Gasteiger partial charge in [0, 0.05) is 15.7 Å². The van der Waals surface area contributed by atoms with Crippen LogP contribution in [0.1, 0.15) is 28.3 Å². The van der Waals surface area contributed by atoms with Crippen LogP contribution in [0, 0.1) is 13.8 Å². The molecule has 1 atom stereocenters. The van der Waals surface area contributed by atoms with Crippen molar-refractivity contribution in [2.45, 2.75) is 19.9 Å². The first-order chi connectivity index (χ1) is 15.7. The van der Waals surface area contributed by atoms with Crippen LogP contribution >= 0.6 is 23.2 Å². The first-order valence-electron chi connectivity index (χ1n) is 10.2. The fourth-order valence-corrected chi connectivity index (χ4v) is 4.63. The average Bonchev–Trinajstić information content (AvgIpc) is 3.03. The molecule has 1 heterocycles. The highest BCUT2D eigenvalue weighted by Crippen LogP contribution is 2.45. The third kappa shape index (κ3) is 4.10. The molecule has 1 saturated heterocycles. The first-order valence-corrected chi connectivity index (χ1v) is 11.0. The minimum absolute atomic E-state index is 0.0331. The SMILES string of the molecule is COc1ccc(C)cc1/C(O)=C1\C(=O)C(=O)N(c2cc(Cl)cc(Cl)c2)C1c1ccccc1C. The van der Waals surface area contributed by atoms with Crippen LogP contribution in [-0.2, 0) is 9.59 Å². The summed E-state index contributed by atoms with van der Waals surface area (Å²) in [4.78, 5) is 28.0. The number of hydrogen-bond donors (Lipinski definition) is 1. The van der Waals surface area contributed by atoms with E-state index in [0.29, 0.717) is 32.6 Å². The maximum Gasteiger partial charge on any atom is 0.300 e. The fourth-order valence-electron chi connectivity index (χ4n) is 4.12. The number of carbonyl (C=O) groups excluding carboxylic acids is 2. The molecule has 1 amide bonds. The highest BCUT2D eigenvalue weighted by molar-refractivity contribution is 6.52. The van der Waals surface area contributed by atoms with Crippen LogP contribution in [0.25, 0.3) is 5.76 Å². The van der Waals surface area contributed by atoms with Crippen LogP contribution < -0.4 is 9.64 Å². The Bertz CT molecular complexity index is 1300. The number of aryl methyl sites for hydroxylation is 2. The Morgan fingerprint density at radius 1 is 0.970 bits per heavy atom. The van der Waals surface area contributed by atoms with Gasteiger partial charge in [0.2, 0.25) is 0 Å². The Morgan fingerprint density at radius 2 is 1.64 bits per heavy atom. The van der Waals surface area contributed by atoms with Crippen molar-refractivity contribution in [3.8, 4) is 5.75 Å². The topological polar surface area (TPSA) is 66.8 Å². The maximum atomic E-state index is 13.3. The van der Waals surface area contributed by atoms with Gasteiger partial charge in [-0.3, -0.25) is 14.5 Å². The zero-order valence-corrected chi connectivity index (χ0v) is 19.7. The number of halogens is 2. The molecule has 0 aliphatic carbocycles. The number of benzene rings is 3. The molecule has 3 aromatic carbocycles. The molecule has 5 nitrogen and oxygen atoms in total. The number of methoxy groups -OCH3 is 1. The van der Waals surface area contributed by atoms with E-state index in [9.17, 15) is 14.7 Å². The summed E-state index contributed by atoms with van der Waals surface area (Å²) in [6, 6.07) is 16.4. The molecule has 168 valence electrons. The van der Waals surface area contributed by atoms with Crippen molar-refractivity contribution in [1.29, 1.82) is 0 Å². The summed E-state index contributed by atoms with van der Waals surface area (Å²) in [6.07, 6.45) is 0. The molecule has 3 aromatic rings. The maximum absolute atomic E-state index is 13.3. The van der Waals surface area contributed by atoms with Crippen LogP contribution in [0.15, 0.2) is 66.2 Å². The van der Waals surface area contributed by atoms with Crippen molar-refractivity contribution < 1.29 is 19.4 Å². The zero-order chi connectivity index (χ0) is 23.9. The van der Waals surface area contributed by atoms with Gasteiger partial charge in [-0.05, 0) is 55.3 Å². The normalized spacial score (nSPS) is 17.5. The molecule has 1 unspecified atom stereocenters. The van der Waals surface area contributed by atoms with Gasteiger partial charge < -0.3 is 9.84 Å². The summed E-state index contributed by atoms with van der Waals surface area (Å²) in [5.41, 5.74) is 3.07. The van der Waals surface area contributed by atoms with Crippen molar-refractivity contribution in [3.05, 3.63) is 98.5 Å². The number of carbonyl (C=O) groups is 2. The summed E-state index contributed by atoms with van der Waals surface area (Å²) in [5.74, 6) is -1.51. The van der Waals surface area contributed by atoms with E-state index in [1.54, 1.807) is 30.3 Å². The predicted molar refractivity (Wildman–Crippen MR) is 130 cm³/mol. The van der Waals surface area contributed by atoms with Crippen molar-refractivity contribution >= 4 is 46.3 Å². The van der Waals surface area contributed by atoms with E-state index < -0.39 is 17.7 Å². The Labute approximate surface area is 201 Å². The van der Waals surface area contributed by atoms with Gasteiger partial charge in [0.1, 0.15) is 11.5 Å². The minimum Gasteiger partial charge on any atom is -0.507 e. The number of aliphatic hydroxyl groups is 1. The lowest BCUT2D eigenvalue weighted by molar-refractivity contribution is -0.132. The van der Waals surface area contributed by atoms with Crippen molar-refractivity contribution in [1.82, 2.24) is 0 Å². The van der Waals surface area contributed by atoms with Gasteiger partial charge in [-0.2, -0.15) is 0 Å². The monoisotopic (exact) mass is 481 g/mol. The highest BCUT2D eigenvalue weighted by Gasteiger charge is 2.47. The second-order valence-corrected chi connectivity index (χ2v) is 8.73. The number of rotatable bonds is 4. The molecule has 1 fully saturated rings. The van der Waals surface area contributed by atoms with Gasteiger partial charge in [0.15, 0.2) is 0 Å². The predicted octanol–water partition coefficient (Wildman–Crippen LogP) is 6.25. The van der Waals surface area contributed by atoms with Gasteiger partial charge in [-0.15, -0.1) is 0 Å². The van der Waals surface area contributed by atoms with Crippen LogP contribution in [0.4, 0.5) is 5.69 Å². The fraction of sp³-hybridized carbons (Fsp3) is 0.154. The highest BCUT2D eigenvalue weighted by atomic mass is 35.5. The lowest BCUT2D eigenvalue weighted by atomic mass is 9.92. The largest absolute Gasteiger partial charge is 0.507 e. The smallest absolute Gasteiger partial charge is 0.300 e. The number of nitrogens with zero attached hydrogens (tertiary/aromatic N) is 1. The molecular weight excluding hydrogens is 461 g/mol. The second-order valence-electron chi connectivity index (χ2n) is 7.86. The van der Waals surface area contributed by atoms with Crippen LogP contribution in [0.2, 0.25) is 10.0 Å². The van der Waals surface area contributed by atoms with E-state index in [2.05, 4.69) is 0 Å². The number of aliphatic hydroxyl groups excluding tert-OH is 1. The number of hydrogen-bond acceptors (Lipinski definition) is 4. The Balaban J connectivity index is 2.03. The van der Waals surface area contributed by atoms with Crippen molar-refractivity contribution in [3.63, 3.8) is 0 Å². The Hall–Kier alpha value is -3.28. The number of amides is 1. The van der Waals surface area contributed by atoms with Gasteiger partial charge in [0.25, 0.3) is 11.7 Å². The standard InChI is InChI=1S/C26H21Cl2NO4/c1-14-8-9-21(33-3)20(10-14)24(30)22-23(19-7-5-4-6-15(19)2)29(26(32)25(22)31)18-12-16(27)11-17(28)13-18/h4-13,23,30H,1-3H3/b24-22+. The number of ether oxygens (including phenoxy) is 1. The summed E-state index contributed by atoms with van der Waals surface area (Å²) in [5, 5.41) is 12.0. The Morgan fingerprint density at radius 3 is 2.27 bits per heavy atom. The molecule has 0 aromatic heterocycles. The molecule has 0 spiro atoms. The van der Waals surface area contributed by atoms with Gasteiger partial charge >= 0.3 is 0 Å². The summed E-state index contributed by atoms with van der Waals surface area (Å²) in [7, 11) is 1.48. The molecule has 1 aliphatic heterocycles. The average molecular weight is 482 g/mol. The molecule has 4 rings (SSSR count). The summed E-state index contributed by atoms with van der Waals surface area (Å²) < 4.78 is 5.41. The van der Waals surface area contributed by atoms with E-state index in [1.807, 2.05) is 44.2 Å². The van der Waals surface area contributed by atoms with Gasteiger partial charge in [-0.1, -0.05) is 59.1 Å². The third-order valence-electron chi connectivity index (χ3n) is 5.66. The molecule has 0 saturated carbocycles. The lowest BCUT2D eigenvalue weighted by Crippen LogP contribution is -2.29. The zero-order valence-electron chi connectivity index (χ0n) is 18.2. The van der Waals surface area contributed by atoms with E-state index in [-0.39, 0.29) is 11.3 Å². The number of Topliss-reactive ketones (excluding diaryl/α,β-unsaturated/α-hetero) is 1. The van der Waals surface area contributed by atoms with Crippen LogP contribution in [0.5, 0.6) is 5.75 Å². The summed E-state index contributed by atoms with van der Waals surface area (Å²) in [6.45, 7) is 3.75. The minimum atomic E-state index is -0.883. The quantitative estimate of drug-likeness (QED) is 0.271. The Kier molecular flexibility index (Phi) is 6.19. The number of anilines is 1.